The Kier molecular flexibility index (Phi) is 4.70. The lowest BCUT2D eigenvalue weighted by Gasteiger charge is -2.08. The molecule has 126 valence electrons. The van der Waals surface area contributed by atoms with Crippen molar-refractivity contribution in [3.05, 3.63) is 71.8 Å². The van der Waals surface area contributed by atoms with E-state index in [4.69, 9.17) is 9.47 Å². The van der Waals surface area contributed by atoms with Crippen LogP contribution in [0, 0.1) is 0 Å². The van der Waals surface area contributed by atoms with Crippen LogP contribution < -0.4 is 9.47 Å². The van der Waals surface area contributed by atoms with E-state index in [9.17, 15) is 9.90 Å². The molecule has 3 aromatic rings. The highest BCUT2D eigenvalue weighted by Crippen LogP contribution is 2.29. The molecule has 0 aliphatic carbocycles. The van der Waals surface area contributed by atoms with Crippen LogP contribution in [0.1, 0.15) is 15.9 Å². The van der Waals surface area contributed by atoms with Crippen LogP contribution in [0.5, 0.6) is 17.2 Å². The largest absolute Gasteiger partial charge is 0.504 e. The standard InChI is InChI=1S/C21H18O4/c1-24-20-12-9-16(15-5-3-4-6-17(15)20)18(22)10-7-14-8-11-19(23)21(13-14)25-2/h3-13,23H,1-2H3/b10-7+. The molecule has 3 aromatic carbocycles. The third-order valence-electron chi connectivity index (χ3n) is 4.00. The smallest absolute Gasteiger partial charge is 0.186 e. The molecule has 0 atom stereocenters. The predicted octanol–water partition coefficient (Wildman–Crippen LogP) is 4.46. The van der Waals surface area contributed by atoms with E-state index in [1.54, 1.807) is 37.5 Å². The van der Waals surface area contributed by atoms with Crippen LogP contribution in [0.3, 0.4) is 0 Å². The zero-order chi connectivity index (χ0) is 17.8. The zero-order valence-electron chi connectivity index (χ0n) is 14.0. The van der Waals surface area contributed by atoms with Crippen LogP contribution in [0.25, 0.3) is 16.8 Å². The lowest BCUT2D eigenvalue weighted by atomic mass is 10.00. The van der Waals surface area contributed by atoms with Crippen molar-refractivity contribution in [2.24, 2.45) is 0 Å². The Morgan fingerprint density at radius 1 is 0.920 bits per heavy atom. The molecule has 0 aliphatic heterocycles. The minimum absolute atomic E-state index is 0.0622. The van der Waals surface area contributed by atoms with Gasteiger partial charge in [-0.15, -0.1) is 0 Å². The minimum Gasteiger partial charge on any atom is -0.504 e. The van der Waals surface area contributed by atoms with E-state index in [0.717, 1.165) is 22.1 Å². The highest BCUT2D eigenvalue weighted by Gasteiger charge is 2.10. The molecular weight excluding hydrogens is 316 g/mol. The Morgan fingerprint density at radius 3 is 2.36 bits per heavy atom. The lowest BCUT2D eigenvalue weighted by Crippen LogP contribution is -1.97. The number of carbonyl (C=O) groups is 1. The van der Waals surface area contributed by atoms with Gasteiger partial charge in [-0.05, 0) is 41.3 Å². The molecule has 0 amide bonds. The fourth-order valence-electron chi connectivity index (χ4n) is 2.72. The first-order valence-electron chi connectivity index (χ1n) is 7.79. The molecule has 0 saturated carbocycles. The fourth-order valence-corrected chi connectivity index (χ4v) is 2.72. The first kappa shape index (κ1) is 16.6. The van der Waals surface area contributed by atoms with Gasteiger partial charge in [0.15, 0.2) is 17.3 Å². The van der Waals surface area contributed by atoms with Crippen molar-refractivity contribution < 1.29 is 19.4 Å². The monoisotopic (exact) mass is 334 g/mol. The maximum atomic E-state index is 12.6. The average molecular weight is 334 g/mol. The van der Waals surface area contributed by atoms with Crippen LogP contribution in [-0.4, -0.2) is 25.1 Å². The number of rotatable bonds is 5. The Balaban J connectivity index is 1.95. The van der Waals surface area contributed by atoms with Crippen LogP contribution >= 0.6 is 0 Å². The van der Waals surface area contributed by atoms with E-state index in [-0.39, 0.29) is 11.5 Å². The Morgan fingerprint density at radius 2 is 1.64 bits per heavy atom. The topological polar surface area (TPSA) is 55.8 Å². The van der Waals surface area contributed by atoms with Crippen molar-refractivity contribution in [1.82, 2.24) is 0 Å². The summed E-state index contributed by atoms with van der Waals surface area (Å²) in [5.74, 6) is 1.06. The van der Waals surface area contributed by atoms with E-state index in [2.05, 4.69) is 0 Å². The molecule has 0 unspecified atom stereocenters. The second kappa shape index (κ2) is 7.09. The number of hydrogen-bond acceptors (Lipinski definition) is 4. The summed E-state index contributed by atoms with van der Waals surface area (Å²) in [7, 11) is 3.10. The Hall–Kier alpha value is -3.27. The van der Waals surface area contributed by atoms with E-state index in [1.807, 2.05) is 24.3 Å². The van der Waals surface area contributed by atoms with Crippen LogP contribution in [0.15, 0.2) is 60.7 Å². The molecule has 4 heteroatoms. The average Bonchev–Trinajstić information content (AvgIpc) is 2.66. The van der Waals surface area contributed by atoms with E-state index >= 15 is 0 Å². The lowest BCUT2D eigenvalue weighted by molar-refractivity contribution is 0.104. The SMILES string of the molecule is COc1cc(/C=C/C(=O)c2ccc(OC)c3ccccc23)ccc1O. The van der Waals surface area contributed by atoms with Gasteiger partial charge in [-0.25, -0.2) is 0 Å². The number of allylic oxidation sites excluding steroid dienone is 1. The highest BCUT2D eigenvalue weighted by atomic mass is 16.5. The van der Waals surface area contributed by atoms with Gasteiger partial charge in [-0.2, -0.15) is 0 Å². The zero-order valence-corrected chi connectivity index (χ0v) is 14.0. The molecule has 0 heterocycles. The van der Waals surface area contributed by atoms with E-state index in [1.165, 1.54) is 19.3 Å². The predicted molar refractivity (Wildman–Crippen MR) is 98.5 cm³/mol. The van der Waals surface area contributed by atoms with E-state index < -0.39 is 0 Å². The summed E-state index contributed by atoms with van der Waals surface area (Å²) < 4.78 is 10.4. The molecular formula is C21H18O4. The second-order valence-corrected chi connectivity index (χ2v) is 5.49. The normalized spacial score (nSPS) is 11.0. The molecule has 4 nitrogen and oxygen atoms in total. The summed E-state index contributed by atoms with van der Waals surface area (Å²) in [6.07, 6.45) is 3.21. The number of fused-ring (bicyclic) bond motifs is 1. The molecule has 0 aromatic heterocycles. The minimum atomic E-state index is -0.106. The van der Waals surface area contributed by atoms with Crippen LogP contribution in [-0.2, 0) is 0 Å². The van der Waals surface area contributed by atoms with Gasteiger partial charge in [0.2, 0.25) is 0 Å². The quantitative estimate of drug-likeness (QED) is 0.553. The van der Waals surface area contributed by atoms with Crippen molar-refractivity contribution in [1.29, 1.82) is 0 Å². The maximum absolute atomic E-state index is 12.6. The molecule has 1 N–H and O–H groups in total. The van der Waals surface area contributed by atoms with Crippen molar-refractivity contribution in [3.63, 3.8) is 0 Å². The van der Waals surface area contributed by atoms with Gasteiger partial charge in [0.25, 0.3) is 0 Å². The molecule has 0 aliphatic rings. The van der Waals surface area contributed by atoms with Gasteiger partial charge >= 0.3 is 0 Å². The van der Waals surface area contributed by atoms with Crippen molar-refractivity contribution in [2.45, 2.75) is 0 Å². The Labute approximate surface area is 145 Å². The molecule has 0 radical (unpaired) electrons. The second-order valence-electron chi connectivity index (χ2n) is 5.49. The Bertz CT molecular complexity index is 957. The molecule has 0 fully saturated rings. The van der Waals surface area contributed by atoms with Gasteiger partial charge in [-0.1, -0.05) is 36.4 Å². The summed E-state index contributed by atoms with van der Waals surface area (Å²) >= 11 is 0. The summed E-state index contributed by atoms with van der Waals surface area (Å²) in [6, 6.07) is 16.1. The highest BCUT2D eigenvalue weighted by molar-refractivity contribution is 6.15. The van der Waals surface area contributed by atoms with Gasteiger partial charge in [0.1, 0.15) is 5.75 Å². The van der Waals surface area contributed by atoms with Crippen molar-refractivity contribution in [3.8, 4) is 17.2 Å². The summed E-state index contributed by atoms with van der Waals surface area (Å²) in [5.41, 5.74) is 1.37. The summed E-state index contributed by atoms with van der Waals surface area (Å²) in [5, 5.41) is 11.4. The van der Waals surface area contributed by atoms with Gasteiger partial charge in [0, 0.05) is 10.9 Å². The van der Waals surface area contributed by atoms with Gasteiger partial charge < -0.3 is 14.6 Å². The number of ether oxygens (including phenoxy) is 2. The van der Waals surface area contributed by atoms with Crippen LogP contribution in [0.2, 0.25) is 0 Å². The molecule has 0 saturated heterocycles. The number of methoxy groups -OCH3 is 2. The van der Waals surface area contributed by atoms with Crippen LogP contribution in [0.4, 0.5) is 0 Å². The maximum Gasteiger partial charge on any atom is 0.186 e. The molecule has 0 spiro atoms. The first-order valence-corrected chi connectivity index (χ1v) is 7.79. The third-order valence-corrected chi connectivity index (χ3v) is 4.00. The molecule has 0 bridgehead atoms. The number of ketones is 1. The number of carbonyl (C=O) groups excluding carboxylic acids is 1. The number of hydrogen-bond donors (Lipinski definition) is 1. The van der Waals surface area contributed by atoms with Gasteiger partial charge in [0.05, 0.1) is 14.2 Å². The van der Waals surface area contributed by atoms with E-state index in [0.29, 0.717) is 11.3 Å². The van der Waals surface area contributed by atoms with Crippen molar-refractivity contribution in [2.75, 3.05) is 14.2 Å². The van der Waals surface area contributed by atoms with Gasteiger partial charge in [-0.3, -0.25) is 4.79 Å². The number of phenols is 1. The van der Waals surface area contributed by atoms with Crippen molar-refractivity contribution >= 4 is 22.6 Å². The third kappa shape index (κ3) is 3.33. The first-order chi connectivity index (χ1) is 12.1. The summed E-state index contributed by atoms with van der Waals surface area (Å²) in [4.78, 5) is 12.6. The number of aromatic hydroxyl groups is 1. The number of phenolic OH excluding ortho intramolecular Hbond substituents is 1. The molecule has 3 rings (SSSR count). The molecule has 25 heavy (non-hydrogen) atoms. The summed E-state index contributed by atoms with van der Waals surface area (Å²) in [6.45, 7) is 0. The number of benzene rings is 3. The fraction of sp³-hybridized carbons (Fsp3) is 0.0952.